The summed E-state index contributed by atoms with van der Waals surface area (Å²) in [6.45, 7) is 3.88. The van der Waals surface area contributed by atoms with Crippen molar-refractivity contribution >= 4 is 11.6 Å². The van der Waals surface area contributed by atoms with Crippen LogP contribution in [0.5, 0.6) is 0 Å². The molecule has 0 amide bonds. The molecular formula is C12H18ClN3. The van der Waals surface area contributed by atoms with Gasteiger partial charge in [-0.25, -0.2) is 9.97 Å². The highest BCUT2D eigenvalue weighted by atomic mass is 35.5. The second-order valence-electron chi connectivity index (χ2n) is 4.74. The van der Waals surface area contributed by atoms with Crippen LogP contribution in [0.4, 0.5) is 0 Å². The second kappa shape index (κ2) is 5.11. The first kappa shape index (κ1) is 11.8. The summed E-state index contributed by atoms with van der Waals surface area (Å²) in [6, 6.07) is 1.79. The zero-order valence-corrected chi connectivity index (χ0v) is 10.7. The molecule has 1 fully saturated rings. The van der Waals surface area contributed by atoms with Crippen LogP contribution in [0.2, 0.25) is 5.15 Å². The molecule has 2 rings (SSSR count). The molecule has 1 aliphatic carbocycles. The van der Waals surface area contributed by atoms with Gasteiger partial charge in [-0.3, -0.25) is 4.90 Å². The molecule has 0 saturated heterocycles. The normalized spacial score (nSPS) is 16.5. The predicted molar refractivity (Wildman–Crippen MR) is 65.5 cm³/mol. The van der Waals surface area contributed by atoms with Gasteiger partial charge >= 0.3 is 0 Å². The monoisotopic (exact) mass is 239 g/mol. The number of hydrogen-bond donors (Lipinski definition) is 0. The zero-order valence-electron chi connectivity index (χ0n) is 9.91. The molecular weight excluding hydrogens is 222 g/mol. The lowest BCUT2D eigenvalue weighted by Crippen LogP contribution is -2.29. The largest absolute Gasteiger partial charge is 0.299 e. The number of rotatable bonds is 4. The van der Waals surface area contributed by atoms with E-state index in [4.69, 9.17) is 11.6 Å². The van der Waals surface area contributed by atoms with Gasteiger partial charge in [0.05, 0.1) is 6.54 Å². The van der Waals surface area contributed by atoms with Crippen LogP contribution in [0.15, 0.2) is 6.07 Å². The van der Waals surface area contributed by atoms with Crippen LogP contribution in [0.3, 0.4) is 0 Å². The maximum Gasteiger partial charge on any atom is 0.144 e. The van der Waals surface area contributed by atoms with E-state index < -0.39 is 0 Å². The second-order valence-corrected chi connectivity index (χ2v) is 5.13. The molecule has 0 atom stereocenters. The van der Waals surface area contributed by atoms with Gasteiger partial charge in [-0.15, -0.1) is 0 Å². The van der Waals surface area contributed by atoms with E-state index >= 15 is 0 Å². The van der Waals surface area contributed by atoms with E-state index in [9.17, 15) is 0 Å². The summed E-state index contributed by atoms with van der Waals surface area (Å²) in [5.74, 6) is 1.71. The Hall–Kier alpha value is -0.670. The van der Waals surface area contributed by atoms with E-state index in [1.807, 2.05) is 6.92 Å². The molecule has 0 spiro atoms. The predicted octanol–water partition coefficient (Wildman–Crippen LogP) is 2.67. The van der Waals surface area contributed by atoms with Gasteiger partial charge in [0, 0.05) is 12.2 Å². The molecule has 0 aromatic carbocycles. The van der Waals surface area contributed by atoms with Crippen LogP contribution in [-0.2, 0) is 6.54 Å². The average Bonchev–Trinajstić information content (AvgIpc) is 2.09. The Balaban J connectivity index is 1.91. The number of aryl methyl sites for hydroxylation is 1. The highest BCUT2D eigenvalue weighted by Crippen LogP contribution is 2.26. The summed E-state index contributed by atoms with van der Waals surface area (Å²) < 4.78 is 0. The van der Waals surface area contributed by atoms with Crippen molar-refractivity contribution in [2.45, 2.75) is 32.7 Å². The van der Waals surface area contributed by atoms with Gasteiger partial charge in [0.2, 0.25) is 0 Å². The van der Waals surface area contributed by atoms with Crippen LogP contribution in [0.1, 0.15) is 30.8 Å². The molecule has 1 aromatic heterocycles. The van der Waals surface area contributed by atoms with Gasteiger partial charge in [0.1, 0.15) is 11.0 Å². The summed E-state index contributed by atoms with van der Waals surface area (Å²) in [4.78, 5) is 10.9. The Bertz CT molecular complexity index is 343. The maximum absolute atomic E-state index is 5.91. The smallest absolute Gasteiger partial charge is 0.144 e. The zero-order chi connectivity index (χ0) is 11.5. The third kappa shape index (κ3) is 3.16. The fraction of sp³-hybridized carbons (Fsp3) is 0.667. The van der Waals surface area contributed by atoms with Crippen LogP contribution in [0.25, 0.3) is 0 Å². The van der Waals surface area contributed by atoms with E-state index in [2.05, 4.69) is 21.9 Å². The van der Waals surface area contributed by atoms with Crippen molar-refractivity contribution < 1.29 is 0 Å². The Morgan fingerprint density at radius 2 is 2.19 bits per heavy atom. The molecule has 4 heteroatoms. The average molecular weight is 240 g/mol. The van der Waals surface area contributed by atoms with E-state index in [1.165, 1.54) is 19.3 Å². The molecule has 1 aromatic rings. The molecule has 0 radical (unpaired) electrons. The summed E-state index contributed by atoms with van der Waals surface area (Å²) in [5.41, 5.74) is 0.937. The van der Waals surface area contributed by atoms with Gasteiger partial charge in [-0.05, 0) is 38.8 Å². The molecule has 88 valence electrons. The number of aromatic nitrogens is 2. The topological polar surface area (TPSA) is 29.0 Å². The molecule has 16 heavy (non-hydrogen) atoms. The van der Waals surface area contributed by atoms with Crippen molar-refractivity contribution in [2.75, 3.05) is 13.6 Å². The van der Waals surface area contributed by atoms with Gasteiger partial charge in [0.25, 0.3) is 0 Å². The lowest BCUT2D eigenvalue weighted by atomic mass is 9.85. The van der Waals surface area contributed by atoms with Crippen molar-refractivity contribution in [3.05, 3.63) is 22.7 Å². The SMILES string of the molecule is Cc1cc(Cl)nc(CN(C)CC2CCC2)n1. The molecule has 3 nitrogen and oxygen atoms in total. The summed E-state index contributed by atoms with van der Waals surface area (Å²) in [5, 5.41) is 0.541. The van der Waals surface area contributed by atoms with Gasteiger partial charge in [-0.2, -0.15) is 0 Å². The molecule has 1 aliphatic rings. The Morgan fingerprint density at radius 3 is 2.75 bits per heavy atom. The molecule has 0 N–H and O–H groups in total. The summed E-state index contributed by atoms with van der Waals surface area (Å²) in [7, 11) is 2.12. The lowest BCUT2D eigenvalue weighted by Gasteiger charge is -2.29. The maximum atomic E-state index is 5.91. The van der Waals surface area contributed by atoms with Crippen LogP contribution in [-0.4, -0.2) is 28.5 Å². The van der Waals surface area contributed by atoms with E-state index in [0.29, 0.717) is 5.15 Å². The van der Waals surface area contributed by atoms with Gasteiger partial charge < -0.3 is 0 Å². The minimum absolute atomic E-state index is 0.541. The van der Waals surface area contributed by atoms with Crippen molar-refractivity contribution in [3.63, 3.8) is 0 Å². The first-order chi connectivity index (χ1) is 7.63. The minimum Gasteiger partial charge on any atom is -0.299 e. The third-order valence-corrected chi connectivity index (χ3v) is 3.27. The van der Waals surface area contributed by atoms with Crippen molar-refractivity contribution in [2.24, 2.45) is 5.92 Å². The van der Waals surface area contributed by atoms with E-state index in [1.54, 1.807) is 6.07 Å². The molecule has 0 unspecified atom stereocenters. The fourth-order valence-corrected chi connectivity index (χ4v) is 2.34. The molecule has 0 aliphatic heterocycles. The lowest BCUT2D eigenvalue weighted by molar-refractivity contribution is 0.197. The number of hydrogen-bond acceptors (Lipinski definition) is 3. The summed E-state index contributed by atoms with van der Waals surface area (Å²) >= 11 is 5.91. The minimum atomic E-state index is 0.541. The van der Waals surface area contributed by atoms with Crippen molar-refractivity contribution in [3.8, 4) is 0 Å². The Kier molecular flexibility index (Phi) is 3.77. The Labute approximate surface area is 102 Å². The quantitative estimate of drug-likeness (QED) is 0.757. The Morgan fingerprint density at radius 1 is 1.44 bits per heavy atom. The van der Waals surface area contributed by atoms with Crippen LogP contribution in [0, 0.1) is 12.8 Å². The van der Waals surface area contributed by atoms with Crippen molar-refractivity contribution in [1.29, 1.82) is 0 Å². The van der Waals surface area contributed by atoms with Gasteiger partial charge in [-0.1, -0.05) is 18.0 Å². The van der Waals surface area contributed by atoms with E-state index in [-0.39, 0.29) is 0 Å². The van der Waals surface area contributed by atoms with Crippen LogP contribution >= 0.6 is 11.6 Å². The first-order valence-corrected chi connectivity index (χ1v) is 6.20. The molecule has 1 saturated carbocycles. The molecule has 0 bridgehead atoms. The molecule has 1 heterocycles. The highest BCUT2D eigenvalue weighted by molar-refractivity contribution is 6.29. The first-order valence-electron chi connectivity index (χ1n) is 5.82. The number of nitrogens with zero attached hydrogens (tertiary/aromatic N) is 3. The van der Waals surface area contributed by atoms with Gasteiger partial charge in [0.15, 0.2) is 0 Å². The fourth-order valence-electron chi connectivity index (χ4n) is 2.08. The van der Waals surface area contributed by atoms with Crippen LogP contribution < -0.4 is 0 Å². The standard InChI is InChI=1S/C12H18ClN3/c1-9-6-11(13)15-12(14-9)8-16(2)7-10-4-3-5-10/h6,10H,3-5,7-8H2,1-2H3. The van der Waals surface area contributed by atoms with E-state index in [0.717, 1.165) is 30.5 Å². The summed E-state index contributed by atoms with van der Waals surface area (Å²) in [6.07, 6.45) is 4.14. The third-order valence-electron chi connectivity index (χ3n) is 3.08. The number of halogens is 1. The highest BCUT2D eigenvalue weighted by Gasteiger charge is 2.19. The van der Waals surface area contributed by atoms with Crippen molar-refractivity contribution in [1.82, 2.24) is 14.9 Å².